The number of carbonyl (C=O) groups excluding carboxylic acids is 2. The molecule has 10 heteroatoms. The number of alkyl halides is 3. The van der Waals surface area contributed by atoms with Crippen LogP contribution in [0.4, 0.5) is 29.3 Å². The van der Waals surface area contributed by atoms with E-state index in [-0.39, 0.29) is 30.7 Å². The molecule has 31 heavy (non-hydrogen) atoms. The molecule has 0 bridgehead atoms. The molecule has 0 radical (unpaired) electrons. The van der Waals surface area contributed by atoms with Crippen LogP contribution in [-0.4, -0.2) is 41.0 Å². The third-order valence-corrected chi connectivity index (χ3v) is 4.98. The highest BCUT2D eigenvalue weighted by atomic mass is 19.4. The number of pyridine rings is 1. The Morgan fingerprint density at radius 3 is 2.45 bits per heavy atom. The first-order chi connectivity index (χ1) is 14.6. The molecule has 0 unspecified atom stereocenters. The zero-order chi connectivity index (χ0) is 22.8. The zero-order valence-electron chi connectivity index (χ0n) is 16.8. The molecule has 1 fully saturated rings. The minimum absolute atomic E-state index is 0.0130. The number of nitrogens with one attached hydrogen (secondary N) is 1. The number of nitrogens with zero attached hydrogens (tertiary/aromatic N) is 4. The number of urea groups is 1. The van der Waals surface area contributed by atoms with Crippen LogP contribution in [0.2, 0.25) is 0 Å². The number of hydrogen-bond donors (Lipinski definition) is 1. The number of aromatic nitrogens is 1. The molecule has 1 N–H and O–H groups in total. The Labute approximate surface area is 177 Å². The van der Waals surface area contributed by atoms with Crippen molar-refractivity contribution in [1.82, 2.24) is 9.88 Å². The number of benzene rings is 1. The Bertz CT molecular complexity index is 998. The zero-order valence-corrected chi connectivity index (χ0v) is 16.8. The summed E-state index contributed by atoms with van der Waals surface area (Å²) < 4.78 is 38.3. The first kappa shape index (κ1) is 22.1. The number of halogens is 3. The molecule has 3 amide bonds. The van der Waals surface area contributed by atoms with E-state index in [1.807, 2.05) is 19.9 Å². The minimum atomic E-state index is -4.57. The van der Waals surface area contributed by atoms with Crippen molar-refractivity contribution in [3.63, 3.8) is 0 Å². The summed E-state index contributed by atoms with van der Waals surface area (Å²) in [5, 5.41) is 11.5. The van der Waals surface area contributed by atoms with Crippen LogP contribution >= 0.6 is 0 Å². The third-order valence-electron chi connectivity index (χ3n) is 4.98. The van der Waals surface area contributed by atoms with Gasteiger partial charge < -0.3 is 10.2 Å². The number of anilines is 2. The molecule has 1 aromatic heterocycles. The van der Waals surface area contributed by atoms with Crippen molar-refractivity contribution >= 4 is 23.3 Å². The van der Waals surface area contributed by atoms with Crippen LogP contribution in [0, 0.1) is 17.2 Å². The Morgan fingerprint density at radius 1 is 1.26 bits per heavy atom. The van der Waals surface area contributed by atoms with Crippen molar-refractivity contribution in [2.75, 3.05) is 23.3 Å². The van der Waals surface area contributed by atoms with Gasteiger partial charge in [0.2, 0.25) is 5.91 Å². The number of nitriles is 1. The monoisotopic (exact) mass is 431 g/mol. The summed E-state index contributed by atoms with van der Waals surface area (Å²) in [6.45, 7) is 3.82. The van der Waals surface area contributed by atoms with E-state index < -0.39 is 23.8 Å². The second-order valence-corrected chi connectivity index (χ2v) is 7.47. The summed E-state index contributed by atoms with van der Waals surface area (Å²) in [4.78, 5) is 31.6. The number of amides is 3. The number of rotatable bonds is 5. The average Bonchev–Trinajstić information content (AvgIpc) is 3.04. The van der Waals surface area contributed by atoms with Gasteiger partial charge in [-0.15, -0.1) is 0 Å². The standard InChI is InChI=1S/C21H20F3N5O2/c1-13(2)17-11-28(16-7-8-18(26-10-16)21(22,23)24)20(31)29(17)12-19(30)27-15-5-3-14(9-25)4-6-15/h3-8,10,13,17H,11-12H2,1-2H3,(H,27,30)/t17-/m1/s1. The van der Waals surface area contributed by atoms with Gasteiger partial charge in [0.05, 0.1) is 29.6 Å². The van der Waals surface area contributed by atoms with Gasteiger partial charge in [-0.3, -0.25) is 9.69 Å². The Kier molecular flexibility index (Phi) is 6.15. The van der Waals surface area contributed by atoms with Gasteiger partial charge in [-0.25, -0.2) is 9.78 Å². The minimum Gasteiger partial charge on any atom is -0.325 e. The van der Waals surface area contributed by atoms with Gasteiger partial charge in [-0.1, -0.05) is 13.8 Å². The molecular formula is C21H20F3N5O2. The fraction of sp³-hybridized carbons (Fsp3) is 0.333. The van der Waals surface area contributed by atoms with Crippen LogP contribution in [0.3, 0.4) is 0 Å². The quantitative estimate of drug-likeness (QED) is 0.778. The summed E-state index contributed by atoms with van der Waals surface area (Å²) in [5.74, 6) is -0.407. The molecule has 0 spiro atoms. The summed E-state index contributed by atoms with van der Waals surface area (Å²) in [5.41, 5.74) is 0.134. The normalized spacial score (nSPS) is 16.5. The Morgan fingerprint density at radius 2 is 1.94 bits per heavy atom. The van der Waals surface area contributed by atoms with Crippen LogP contribution in [-0.2, 0) is 11.0 Å². The maximum absolute atomic E-state index is 13.0. The molecule has 2 heterocycles. The molecule has 0 saturated carbocycles. The molecule has 1 aliphatic rings. The van der Waals surface area contributed by atoms with E-state index in [0.717, 1.165) is 12.3 Å². The fourth-order valence-electron chi connectivity index (χ4n) is 3.33. The predicted molar refractivity (Wildman–Crippen MR) is 107 cm³/mol. The van der Waals surface area contributed by atoms with Gasteiger partial charge in [-0.2, -0.15) is 18.4 Å². The van der Waals surface area contributed by atoms with Crippen LogP contribution in [0.15, 0.2) is 42.6 Å². The van der Waals surface area contributed by atoms with Crippen molar-refractivity contribution in [2.45, 2.75) is 26.1 Å². The van der Waals surface area contributed by atoms with Crippen molar-refractivity contribution in [1.29, 1.82) is 5.26 Å². The van der Waals surface area contributed by atoms with Crippen molar-refractivity contribution in [3.8, 4) is 6.07 Å². The van der Waals surface area contributed by atoms with E-state index in [0.29, 0.717) is 11.3 Å². The van der Waals surface area contributed by atoms with Gasteiger partial charge in [-0.05, 0) is 42.3 Å². The van der Waals surface area contributed by atoms with E-state index in [1.165, 1.54) is 15.9 Å². The maximum Gasteiger partial charge on any atom is 0.433 e. The van der Waals surface area contributed by atoms with Gasteiger partial charge in [0.25, 0.3) is 0 Å². The molecular weight excluding hydrogens is 411 g/mol. The highest BCUT2D eigenvalue weighted by Crippen LogP contribution is 2.31. The molecule has 1 aromatic carbocycles. The summed E-state index contributed by atoms with van der Waals surface area (Å²) >= 11 is 0. The lowest BCUT2D eigenvalue weighted by Gasteiger charge is -2.25. The SMILES string of the molecule is CC(C)[C@H]1CN(c2ccc(C(F)(F)F)nc2)C(=O)N1CC(=O)Nc1ccc(C#N)cc1. The van der Waals surface area contributed by atoms with Crippen molar-refractivity contribution in [2.24, 2.45) is 5.92 Å². The highest BCUT2D eigenvalue weighted by Gasteiger charge is 2.41. The van der Waals surface area contributed by atoms with Crippen molar-refractivity contribution < 1.29 is 22.8 Å². The Balaban J connectivity index is 1.74. The average molecular weight is 431 g/mol. The van der Waals surface area contributed by atoms with Crippen LogP contribution in [0.25, 0.3) is 0 Å². The van der Waals surface area contributed by atoms with Crippen LogP contribution in [0.5, 0.6) is 0 Å². The van der Waals surface area contributed by atoms with Gasteiger partial charge in [0, 0.05) is 12.2 Å². The summed E-state index contributed by atoms with van der Waals surface area (Å²) in [6.07, 6.45) is -3.55. The van der Waals surface area contributed by atoms with Crippen LogP contribution in [0.1, 0.15) is 25.1 Å². The topological polar surface area (TPSA) is 89.3 Å². The van der Waals surface area contributed by atoms with Crippen LogP contribution < -0.4 is 10.2 Å². The molecule has 162 valence electrons. The lowest BCUT2D eigenvalue weighted by molar-refractivity contribution is -0.141. The summed E-state index contributed by atoms with van der Waals surface area (Å²) in [7, 11) is 0. The number of hydrogen-bond acceptors (Lipinski definition) is 4. The van der Waals surface area contributed by atoms with Gasteiger partial charge in [0.15, 0.2) is 0 Å². The lowest BCUT2D eigenvalue weighted by atomic mass is 10.0. The van der Waals surface area contributed by atoms with Crippen molar-refractivity contribution in [3.05, 3.63) is 53.9 Å². The van der Waals surface area contributed by atoms with E-state index >= 15 is 0 Å². The maximum atomic E-state index is 13.0. The smallest absolute Gasteiger partial charge is 0.325 e. The molecule has 0 aliphatic carbocycles. The number of carbonyl (C=O) groups is 2. The lowest BCUT2D eigenvalue weighted by Crippen LogP contribution is -2.42. The van der Waals surface area contributed by atoms with Gasteiger partial charge >= 0.3 is 12.2 Å². The predicted octanol–water partition coefficient (Wildman–Crippen LogP) is 3.88. The van der Waals surface area contributed by atoms with E-state index in [9.17, 15) is 22.8 Å². The van der Waals surface area contributed by atoms with E-state index in [4.69, 9.17) is 5.26 Å². The second kappa shape index (κ2) is 8.63. The Hall–Kier alpha value is -3.61. The first-order valence-corrected chi connectivity index (χ1v) is 9.51. The van der Waals surface area contributed by atoms with E-state index in [2.05, 4.69) is 10.3 Å². The highest BCUT2D eigenvalue weighted by molar-refractivity contribution is 5.99. The largest absolute Gasteiger partial charge is 0.433 e. The molecule has 7 nitrogen and oxygen atoms in total. The summed E-state index contributed by atoms with van der Waals surface area (Å²) in [6, 6.07) is 9.53. The van der Waals surface area contributed by atoms with E-state index in [1.54, 1.807) is 24.3 Å². The fourth-order valence-corrected chi connectivity index (χ4v) is 3.33. The second-order valence-electron chi connectivity index (χ2n) is 7.47. The molecule has 1 saturated heterocycles. The third kappa shape index (κ3) is 4.94. The molecule has 3 rings (SSSR count). The molecule has 1 atom stereocenters. The first-order valence-electron chi connectivity index (χ1n) is 9.51. The van der Waals surface area contributed by atoms with Gasteiger partial charge in [0.1, 0.15) is 12.2 Å². The molecule has 2 aromatic rings. The molecule has 1 aliphatic heterocycles.